The Balaban J connectivity index is 1.54. The summed E-state index contributed by atoms with van der Waals surface area (Å²) in [4.78, 5) is 0. The largest absolute Gasteiger partial charge is 0.0620 e. The third-order valence-corrected chi connectivity index (χ3v) is 9.36. The van der Waals surface area contributed by atoms with Crippen molar-refractivity contribution >= 4 is 0 Å². The Morgan fingerprint density at radius 1 is 0.800 bits per heavy atom. The lowest BCUT2D eigenvalue weighted by molar-refractivity contribution is 0.255. The molecule has 2 saturated carbocycles. The van der Waals surface area contributed by atoms with Crippen LogP contribution in [0.15, 0.2) is 66.7 Å². The van der Waals surface area contributed by atoms with E-state index in [9.17, 15) is 0 Å². The number of hydrogen-bond acceptors (Lipinski definition) is 0. The van der Waals surface area contributed by atoms with Crippen LogP contribution < -0.4 is 0 Å². The van der Waals surface area contributed by atoms with E-state index >= 15 is 0 Å². The maximum absolute atomic E-state index is 2.49. The van der Waals surface area contributed by atoms with Gasteiger partial charge in [-0.25, -0.2) is 0 Å². The Kier molecular flexibility index (Phi) is 3.53. The molecule has 0 aliphatic heterocycles. The van der Waals surface area contributed by atoms with E-state index in [1.807, 2.05) is 0 Å². The molecule has 150 valence electrons. The van der Waals surface area contributed by atoms with E-state index in [2.05, 4.69) is 73.7 Å². The topological polar surface area (TPSA) is 0 Å². The number of hydrogen-bond donors (Lipinski definition) is 0. The lowest BCUT2D eigenvalue weighted by Crippen LogP contribution is -2.41. The first-order valence-electron chi connectivity index (χ1n) is 12.1. The van der Waals surface area contributed by atoms with Gasteiger partial charge >= 0.3 is 0 Å². The van der Waals surface area contributed by atoms with Gasteiger partial charge in [-0.1, -0.05) is 86.5 Å². The van der Waals surface area contributed by atoms with Gasteiger partial charge in [-0.15, -0.1) is 0 Å². The predicted molar refractivity (Wildman–Crippen MR) is 124 cm³/mol. The fourth-order valence-electron chi connectivity index (χ4n) is 8.53. The summed E-state index contributed by atoms with van der Waals surface area (Å²) in [6, 6.07) is 26.0. The molecule has 4 unspecified atom stereocenters. The van der Waals surface area contributed by atoms with E-state index < -0.39 is 0 Å². The smallest absolute Gasteiger partial charge is 0.0277 e. The third kappa shape index (κ3) is 1.94. The average molecular weight is 391 g/mol. The number of aryl methyl sites for hydroxylation is 1. The summed E-state index contributed by atoms with van der Waals surface area (Å²) in [5.41, 5.74) is 11.6. The van der Waals surface area contributed by atoms with Gasteiger partial charge < -0.3 is 0 Å². The molecule has 5 atom stereocenters. The SMILES string of the molecule is CCc1ccccc1C1C[C@H]2CC3CCCC3C23c2ccccc2-c2cccc1c23. The van der Waals surface area contributed by atoms with Crippen molar-refractivity contribution in [1.29, 1.82) is 0 Å². The number of rotatable bonds is 2. The molecule has 0 amide bonds. The highest BCUT2D eigenvalue weighted by Gasteiger charge is 2.63. The highest BCUT2D eigenvalue weighted by atomic mass is 14.7. The molecule has 2 fully saturated rings. The van der Waals surface area contributed by atoms with E-state index in [1.54, 1.807) is 33.4 Å². The van der Waals surface area contributed by atoms with E-state index in [4.69, 9.17) is 0 Å². The van der Waals surface area contributed by atoms with Crippen LogP contribution in [-0.2, 0) is 11.8 Å². The molecule has 0 heterocycles. The van der Waals surface area contributed by atoms with Crippen molar-refractivity contribution in [2.75, 3.05) is 0 Å². The van der Waals surface area contributed by atoms with Crippen molar-refractivity contribution in [1.82, 2.24) is 0 Å². The molecule has 0 N–H and O–H groups in total. The molecule has 4 aliphatic rings. The maximum Gasteiger partial charge on any atom is 0.0277 e. The van der Waals surface area contributed by atoms with E-state index in [1.165, 1.54) is 37.7 Å². The lowest BCUT2D eigenvalue weighted by atomic mass is 9.56. The average Bonchev–Trinajstić information content (AvgIpc) is 3.46. The van der Waals surface area contributed by atoms with Crippen LogP contribution in [0.2, 0.25) is 0 Å². The molecule has 1 spiro atoms. The summed E-state index contributed by atoms with van der Waals surface area (Å²) in [6.07, 6.45) is 8.22. The monoisotopic (exact) mass is 390 g/mol. The van der Waals surface area contributed by atoms with Crippen LogP contribution in [0.5, 0.6) is 0 Å². The fourth-order valence-corrected chi connectivity index (χ4v) is 8.53. The van der Waals surface area contributed by atoms with Crippen molar-refractivity contribution in [2.24, 2.45) is 17.8 Å². The van der Waals surface area contributed by atoms with Gasteiger partial charge in [0.15, 0.2) is 0 Å². The second-order valence-corrected chi connectivity index (χ2v) is 10.3. The zero-order valence-electron chi connectivity index (χ0n) is 17.9. The Hall–Kier alpha value is -2.34. The van der Waals surface area contributed by atoms with E-state index in [-0.39, 0.29) is 0 Å². The molecule has 7 rings (SSSR count). The van der Waals surface area contributed by atoms with Crippen LogP contribution in [0, 0.1) is 17.8 Å². The fraction of sp³-hybridized carbons (Fsp3) is 0.400. The summed E-state index contributed by atoms with van der Waals surface area (Å²) in [5.74, 6) is 3.14. The van der Waals surface area contributed by atoms with Crippen LogP contribution >= 0.6 is 0 Å². The molecule has 30 heavy (non-hydrogen) atoms. The van der Waals surface area contributed by atoms with Crippen LogP contribution in [0.4, 0.5) is 0 Å². The zero-order chi connectivity index (χ0) is 19.9. The molecule has 3 aromatic carbocycles. The van der Waals surface area contributed by atoms with Crippen molar-refractivity contribution in [2.45, 2.75) is 56.8 Å². The summed E-state index contributed by atoms with van der Waals surface area (Å²) in [7, 11) is 0. The van der Waals surface area contributed by atoms with Gasteiger partial charge in [-0.3, -0.25) is 0 Å². The first kappa shape index (κ1) is 17.4. The molecule has 0 bridgehead atoms. The summed E-state index contributed by atoms with van der Waals surface area (Å²) in [5, 5.41) is 0. The number of fused-ring (bicyclic) bond motifs is 3. The second-order valence-electron chi connectivity index (χ2n) is 10.3. The lowest BCUT2D eigenvalue weighted by Gasteiger charge is -2.46. The van der Waals surface area contributed by atoms with Crippen molar-refractivity contribution in [3.8, 4) is 11.1 Å². The van der Waals surface area contributed by atoms with Crippen LogP contribution in [0.3, 0.4) is 0 Å². The highest BCUT2D eigenvalue weighted by molar-refractivity contribution is 5.84. The third-order valence-electron chi connectivity index (χ3n) is 9.36. The molecule has 0 aromatic heterocycles. The Labute approximate surface area is 180 Å². The van der Waals surface area contributed by atoms with Gasteiger partial charge in [0.1, 0.15) is 0 Å². The van der Waals surface area contributed by atoms with Crippen LogP contribution in [0.25, 0.3) is 11.1 Å². The zero-order valence-corrected chi connectivity index (χ0v) is 17.9. The van der Waals surface area contributed by atoms with Crippen molar-refractivity contribution < 1.29 is 0 Å². The van der Waals surface area contributed by atoms with Gasteiger partial charge in [0.2, 0.25) is 0 Å². The summed E-state index contributed by atoms with van der Waals surface area (Å²) in [6.45, 7) is 2.32. The summed E-state index contributed by atoms with van der Waals surface area (Å²) < 4.78 is 0. The highest BCUT2D eigenvalue weighted by Crippen LogP contribution is 2.71. The Morgan fingerprint density at radius 3 is 2.53 bits per heavy atom. The van der Waals surface area contributed by atoms with Crippen LogP contribution in [-0.4, -0.2) is 0 Å². The normalized spacial score (nSPS) is 32.4. The molecule has 3 aromatic rings. The maximum atomic E-state index is 2.49. The predicted octanol–water partition coefficient (Wildman–Crippen LogP) is 7.49. The van der Waals surface area contributed by atoms with Crippen molar-refractivity contribution in [3.05, 3.63) is 94.5 Å². The van der Waals surface area contributed by atoms with E-state index in [0.29, 0.717) is 11.3 Å². The Morgan fingerprint density at radius 2 is 1.60 bits per heavy atom. The molecule has 0 saturated heterocycles. The standard InChI is InChI=1S/C30H30/c1-2-19-9-3-4-11-22(19)26-18-21-17-20-10-7-16-27(20)30(21)28-15-6-5-12-23(28)24-13-8-14-25(26)29(24)30/h3-6,8-9,11-15,20-21,26-27H,2,7,10,16-18H2,1H3/t20?,21-,26?,27?,30?/m1/s1. The molecule has 0 radical (unpaired) electrons. The van der Waals surface area contributed by atoms with Gasteiger partial charge in [0.25, 0.3) is 0 Å². The quantitative estimate of drug-likeness (QED) is 0.425. The minimum Gasteiger partial charge on any atom is -0.0620 e. The molecule has 4 aliphatic carbocycles. The van der Waals surface area contributed by atoms with Gasteiger partial charge in [-0.2, -0.15) is 0 Å². The molecular formula is C30H30. The molecule has 0 heteroatoms. The van der Waals surface area contributed by atoms with Gasteiger partial charge in [-0.05, 0) is 82.4 Å². The van der Waals surface area contributed by atoms with Crippen LogP contribution in [0.1, 0.15) is 72.8 Å². The molecular weight excluding hydrogens is 360 g/mol. The van der Waals surface area contributed by atoms with E-state index in [0.717, 1.165) is 24.2 Å². The first-order valence-corrected chi connectivity index (χ1v) is 12.1. The Bertz CT molecular complexity index is 1150. The van der Waals surface area contributed by atoms with Gasteiger partial charge in [0, 0.05) is 11.3 Å². The molecule has 0 nitrogen and oxygen atoms in total. The minimum atomic E-state index is 0.293. The minimum absolute atomic E-state index is 0.293. The van der Waals surface area contributed by atoms with Gasteiger partial charge in [0.05, 0.1) is 0 Å². The second kappa shape index (κ2) is 6.10. The summed E-state index contributed by atoms with van der Waals surface area (Å²) >= 11 is 0. The first-order chi connectivity index (χ1) is 14.8. The van der Waals surface area contributed by atoms with Crippen molar-refractivity contribution in [3.63, 3.8) is 0 Å². The number of benzene rings is 3.